The van der Waals surface area contributed by atoms with Gasteiger partial charge in [0.05, 0.1) is 6.04 Å². The first kappa shape index (κ1) is 17.8. The Bertz CT molecular complexity index is 790. The summed E-state index contributed by atoms with van der Waals surface area (Å²) in [6.45, 7) is 3.49. The highest BCUT2D eigenvalue weighted by atomic mass is 32.2. The fourth-order valence-electron chi connectivity index (χ4n) is 4.11. The van der Waals surface area contributed by atoms with Crippen LogP contribution in [0, 0.1) is 5.92 Å². The minimum atomic E-state index is -3.60. The lowest BCUT2D eigenvalue weighted by Gasteiger charge is -2.30. The maximum Gasteiger partial charge on any atom is 0.247 e. The second-order valence-corrected chi connectivity index (χ2v) is 9.34. The van der Waals surface area contributed by atoms with Gasteiger partial charge < -0.3 is 9.64 Å². The monoisotopic (exact) mass is 378 g/mol. The Balaban J connectivity index is 1.61. The molecule has 7 heteroatoms. The molecule has 4 rings (SSSR count). The van der Waals surface area contributed by atoms with E-state index in [4.69, 9.17) is 4.74 Å². The molecule has 26 heavy (non-hydrogen) atoms. The van der Waals surface area contributed by atoms with Crippen LogP contribution >= 0.6 is 0 Å². The van der Waals surface area contributed by atoms with Gasteiger partial charge in [-0.25, -0.2) is 8.42 Å². The number of likely N-dealkylation sites (N-methyl/N-ethyl adjacent to an activating group) is 1. The summed E-state index contributed by atoms with van der Waals surface area (Å²) in [5, 5.41) is 0. The van der Waals surface area contributed by atoms with Crippen LogP contribution in [0.15, 0.2) is 29.2 Å². The fourth-order valence-corrected chi connectivity index (χ4v) is 5.92. The molecule has 0 N–H and O–H groups in total. The van der Waals surface area contributed by atoms with E-state index in [2.05, 4.69) is 0 Å². The van der Waals surface area contributed by atoms with E-state index in [9.17, 15) is 13.2 Å². The van der Waals surface area contributed by atoms with Crippen LogP contribution < -0.4 is 4.74 Å². The van der Waals surface area contributed by atoms with E-state index < -0.39 is 10.0 Å². The lowest BCUT2D eigenvalue weighted by Crippen LogP contribution is -2.47. The Kier molecular flexibility index (Phi) is 4.69. The Labute approximate surface area is 155 Å². The van der Waals surface area contributed by atoms with Gasteiger partial charge >= 0.3 is 0 Å². The fraction of sp³-hybridized carbons (Fsp3) is 0.632. The maximum absolute atomic E-state index is 13.2. The number of benzene rings is 1. The number of hydrogen-bond acceptors (Lipinski definition) is 4. The highest BCUT2D eigenvalue weighted by Crippen LogP contribution is 2.37. The van der Waals surface area contributed by atoms with Crippen LogP contribution in [0.25, 0.3) is 0 Å². The smallest absolute Gasteiger partial charge is 0.247 e. The van der Waals surface area contributed by atoms with E-state index in [0.29, 0.717) is 50.6 Å². The van der Waals surface area contributed by atoms with Crippen LogP contribution in [-0.4, -0.2) is 55.3 Å². The normalized spacial score (nSPS) is 28.3. The van der Waals surface area contributed by atoms with Crippen molar-refractivity contribution in [2.45, 2.75) is 56.1 Å². The second kappa shape index (κ2) is 6.85. The van der Waals surface area contributed by atoms with E-state index in [1.807, 2.05) is 11.8 Å². The standard InChI is InChI=1S/C19H26N2O4S/c1-2-21-15-9-11-20(19(22)13-14-7-8-14)12-10-16(15)25-17-5-3-4-6-18(17)26(21,23)24/h3-6,14-16H,2,7-13H2,1H3/t15-,16-/m1/s1. The van der Waals surface area contributed by atoms with Crippen molar-refractivity contribution >= 4 is 15.9 Å². The molecule has 6 nitrogen and oxygen atoms in total. The molecule has 2 atom stereocenters. The zero-order valence-electron chi connectivity index (χ0n) is 15.1. The number of fused-ring (bicyclic) bond motifs is 2. The number of hydrogen-bond donors (Lipinski definition) is 0. The molecule has 1 aromatic carbocycles. The summed E-state index contributed by atoms with van der Waals surface area (Å²) >= 11 is 0. The van der Waals surface area contributed by atoms with Gasteiger partial charge in [-0.2, -0.15) is 4.31 Å². The number of sulfonamides is 1. The van der Waals surface area contributed by atoms with Gasteiger partial charge in [-0.15, -0.1) is 0 Å². The summed E-state index contributed by atoms with van der Waals surface area (Å²) < 4.78 is 34.1. The summed E-state index contributed by atoms with van der Waals surface area (Å²) in [4.78, 5) is 14.7. The molecule has 1 saturated carbocycles. The zero-order valence-corrected chi connectivity index (χ0v) is 16.0. The SMILES string of the molecule is CCN1[C@@H]2CCN(C(=O)CC3CC3)CC[C@H]2Oc2ccccc2S1(=O)=O. The highest BCUT2D eigenvalue weighted by molar-refractivity contribution is 7.89. The van der Waals surface area contributed by atoms with Crippen LogP contribution in [-0.2, 0) is 14.8 Å². The molecule has 3 aliphatic rings. The zero-order chi connectivity index (χ0) is 18.3. The number of nitrogens with zero attached hydrogens (tertiary/aromatic N) is 2. The number of ether oxygens (including phenoxy) is 1. The van der Waals surface area contributed by atoms with Crippen LogP contribution in [0.4, 0.5) is 0 Å². The third-order valence-corrected chi connectivity index (χ3v) is 7.76. The molecule has 2 fully saturated rings. The molecule has 0 unspecified atom stereocenters. The first-order valence-corrected chi connectivity index (χ1v) is 11.0. The third-order valence-electron chi connectivity index (χ3n) is 5.72. The average Bonchev–Trinajstić information content (AvgIpc) is 3.44. The van der Waals surface area contributed by atoms with E-state index in [-0.39, 0.29) is 22.9 Å². The number of para-hydroxylation sites is 1. The van der Waals surface area contributed by atoms with Crippen molar-refractivity contribution in [1.29, 1.82) is 0 Å². The predicted molar refractivity (Wildman–Crippen MR) is 97.4 cm³/mol. The van der Waals surface area contributed by atoms with Gasteiger partial charge in [-0.05, 0) is 37.3 Å². The summed E-state index contributed by atoms with van der Waals surface area (Å²) in [6.07, 6.45) is 3.99. The van der Waals surface area contributed by atoms with Crippen LogP contribution in [0.5, 0.6) is 5.75 Å². The molecule has 0 spiro atoms. The van der Waals surface area contributed by atoms with Crippen molar-refractivity contribution in [1.82, 2.24) is 9.21 Å². The molecular formula is C19H26N2O4S. The van der Waals surface area contributed by atoms with Crippen molar-refractivity contribution in [3.63, 3.8) is 0 Å². The first-order valence-electron chi connectivity index (χ1n) is 9.56. The molecule has 1 saturated heterocycles. The van der Waals surface area contributed by atoms with E-state index >= 15 is 0 Å². The molecule has 0 radical (unpaired) electrons. The molecule has 1 amide bonds. The predicted octanol–water partition coefficient (Wildman–Crippen LogP) is 2.25. The number of amides is 1. The summed E-state index contributed by atoms with van der Waals surface area (Å²) in [7, 11) is -3.60. The van der Waals surface area contributed by atoms with Crippen LogP contribution in [0.3, 0.4) is 0 Å². The number of carbonyl (C=O) groups is 1. The molecule has 142 valence electrons. The van der Waals surface area contributed by atoms with Gasteiger partial charge in [0.15, 0.2) is 0 Å². The second-order valence-electron chi connectivity index (χ2n) is 7.48. The largest absolute Gasteiger partial charge is 0.487 e. The van der Waals surface area contributed by atoms with Gasteiger partial charge in [0.25, 0.3) is 0 Å². The van der Waals surface area contributed by atoms with Crippen molar-refractivity contribution in [2.75, 3.05) is 19.6 Å². The maximum atomic E-state index is 13.2. The summed E-state index contributed by atoms with van der Waals surface area (Å²) in [5.41, 5.74) is 0. The molecule has 2 heterocycles. The molecular weight excluding hydrogens is 352 g/mol. The molecule has 0 bridgehead atoms. The van der Waals surface area contributed by atoms with Crippen molar-refractivity contribution in [3.05, 3.63) is 24.3 Å². The Morgan fingerprint density at radius 3 is 2.62 bits per heavy atom. The molecule has 2 aliphatic heterocycles. The van der Waals surface area contributed by atoms with Gasteiger partial charge in [0.1, 0.15) is 16.7 Å². The quantitative estimate of drug-likeness (QED) is 0.809. The molecule has 1 aliphatic carbocycles. The van der Waals surface area contributed by atoms with Gasteiger partial charge in [0, 0.05) is 32.5 Å². The number of likely N-dealkylation sites (tertiary alicyclic amines) is 1. The van der Waals surface area contributed by atoms with Gasteiger partial charge in [-0.1, -0.05) is 19.1 Å². The van der Waals surface area contributed by atoms with Crippen molar-refractivity contribution in [2.24, 2.45) is 5.92 Å². The van der Waals surface area contributed by atoms with E-state index in [1.54, 1.807) is 28.6 Å². The van der Waals surface area contributed by atoms with Crippen molar-refractivity contribution < 1.29 is 17.9 Å². The summed E-state index contributed by atoms with van der Waals surface area (Å²) in [6, 6.07) is 6.63. The summed E-state index contributed by atoms with van der Waals surface area (Å²) in [5.74, 6) is 1.19. The lowest BCUT2D eigenvalue weighted by atomic mass is 10.1. The lowest BCUT2D eigenvalue weighted by molar-refractivity contribution is -0.131. The topological polar surface area (TPSA) is 66.9 Å². The number of rotatable bonds is 3. The molecule has 0 aromatic heterocycles. The van der Waals surface area contributed by atoms with Crippen molar-refractivity contribution in [3.8, 4) is 5.75 Å². The highest BCUT2D eigenvalue weighted by Gasteiger charge is 2.43. The Hall–Kier alpha value is -1.60. The van der Waals surface area contributed by atoms with E-state index in [1.165, 1.54) is 0 Å². The minimum absolute atomic E-state index is 0.204. The average molecular weight is 378 g/mol. The molecule has 1 aromatic rings. The Morgan fingerprint density at radius 2 is 1.88 bits per heavy atom. The van der Waals surface area contributed by atoms with Crippen LogP contribution in [0.1, 0.15) is 39.0 Å². The van der Waals surface area contributed by atoms with Gasteiger partial charge in [-0.3, -0.25) is 4.79 Å². The third kappa shape index (κ3) is 3.22. The van der Waals surface area contributed by atoms with Gasteiger partial charge in [0.2, 0.25) is 15.9 Å². The minimum Gasteiger partial charge on any atom is -0.487 e. The number of carbonyl (C=O) groups excluding carboxylic acids is 1. The van der Waals surface area contributed by atoms with E-state index in [0.717, 1.165) is 12.8 Å². The van der Waals surface area contributed by atoms with Crippen LogP contribution in [0.2, 0.25) is 0 Å². The Morgan fingerprint density at radius 1 is 1.15 bits per heavy atom. The first-order chi connectivity index (χ1) is 12.5.